The molecule has 0 aliphatic rings. The zero-order valence-corrected chi connectivity index (χ0v) is 15.9. The molecule has 6 nitrogen and oxygen atoms in total. The molecule has 2 aromatic carbocycles. The predicted molar refractivity (Wildman–Crippen MR) is 96.0 cm³/mol. The molecular formula is C18H19F3N2O4S. The topological polar surface area (TPSA) is 86.7 Å². The molecule has 1 unspecified atom stereocenters. The van der Waals surface area contributed by atoms with Crippen LogP contribution in [0.15, 0.2) is 59.5 Å². The number of hydrogen-bond acceptors (Lipinski definition) is 4. The van der Waals surface area contributed by atoms with Gasteiger partial charge in [0.1, 0.15) is 0 Å². The van der Waals surface area contributed by atoms with Crippen LogP contribution in [0, 0.1) is 0 Å². The van der Waals surface area contributed by atoms with Gasteiger partial charge in [-0.15, -0.1) is 0 Å². The number of nitrogens with one attached hydrogen (secondary N) is 1. The third-order valence-electron chi connectivity index (χ3n) is 4.12. The van der Waals surface area contributed by atoms with E-state index in [4.69, 9.17) is 0 Å². The molecule has 0 aliphatic carbocycles. The Morgan fingerprint density at radius 3 is 2.04 bits per heavy atom. The number of halogens is 3. The highest BCUT2D eigenvalue weighted by atomic mass is 32.2. The molecular weight excluding hydrogens is 397 g/mol. The molecule has 0 aromatic heterocycles. The van der Waals surface area contributed by atoms with Crippen molar-refractivity contribution < 1.29 is 31.5 Å². The Hall–Kier alpha value is -2.43. The van der Waals surface area contributed by atoms with Gasteiger partial charge in [0, 0.05) is 19.7 Å². The van der Waals surface area contributed by atoms with E-state index in [1.165, 1.54) is 56.6 Å². The molecule has 0 bridgehead atoms. The largest absolute Gasteiger partial charge is 0.423 e. The normalized spacial score (nSPS) is 14.5. The van der Waals surface area contributed by atoms with Crippen LogP contribution < -0.4 is 5.32 Å². The SMILES string of the molecule is CN(C)S(=O)(=O)c1ccc(C(=O)NCC(O)(c2ccccc2)C(F)(F)F)cc1. The van der Waals surface area contributed by atoms with E-state index < -0.39 is 39.8 Å². The summed E-state index contributed by atoms with van der Waals surface area (Å²) in [6.45, 7) is -1.10. The van der Waals surface area contributed by atoms with Gasteiger partial charge in [-0.25, -0.2) is 12.7 Å². The van der Waals surface area contributed by atoms with Crippen molar-refractivity contribution in [1.82, 2.24) is 9.62 Å². The van der Waals surface area contributed by atoms with E-state index >= 15 is 0 Å². The Labute approximate surface area is 160 Å². The molecule has 2 rings (SSSR count). The van der Waals surface area contributed by atoms with Crippen molar-refractivity contribution in [3.63, 3.8) is 0 Å². The summed E-state index contributed by atoms with van der Waals surface area (Å²) < 4.78 is 65.3. The van der Waals surface area contributed by atoms with Gasteiger partial charge in [-0.3, -0.25) is 4.79 Å². The van der Waals surface area contributed by atoms with Crippen molar-refractivity contribution >= 4 is 15.9 Å². The van der Waals surface area contributed by atoms with Gasteiger partial charge in [0.15, 0.2) is 0 Å². The fraction of sp³-hybridized carbons (Fsp3) is 0.278. The molecule has 10 heteroatoms. The lowest BCUT2D eigenvalue weighted by atomic mass is 9.93. The van der Waals surface area contributed by atoms with Crippen LogP contribution in [0.2, 0.25) is 0 Å². The first-order valence-corrected chi connectivity index (χ1v) is 9.49. The first-order chi connectivity index (χ1) is 12.9. The average molecular weight is 416 g/mol. The lowest BCUT2D eigenvalue weighted by Crippen LogP contribution is -2.51. The summed E-state index contributed by atoms with van der Waals surface area (Å²) in [5, 5.41) is 12.3. The fourth-order valence-corrected chi connectivity index (χ4v) is 3.28. The summed E-state index contributed by atoms with van der Waals surface area (Å²) >= 11 is 0. The number of rotatable bonds is 6. The molecule has 2 aromatic rings. The highest BCUT2D eigenvalue weighted by Gasteiger charge is 2.55. The third-order valence-corrected chi connectivity index (χ3v) is 5.95. The molecule has 0 aliphatic heterocycles. The molecule has 1 atom stereocenters. The van der Waals surface area contributed by atoms with Crippen LogP contribution in [0.4, 0.5) is 13.2 Å². The lowest BCUT2D eigenvalue weighted by Gasteiger charge is -2.31. The molecule has 0 saturated heterocycles. The number of nitrogens with zero attached hydrogens (tertiary/aromatic N) is 1. The van der Waals surface area contributed by atoms with Gasteiger partial charge in [-0.1, -0.05) is 30.3 Å². The van der Waals surface area contributed by atoms with Crippen LogP contribution in [0.5, 0.6) is 0 Å². The van der Waals surface area contributed by atoms with Gasteiger partial charge in [0.2, 0.25) is 15.6 Å². The molecule has 0 fully saturated rings. The van der Waals surface area contributed by atoms with Crippen molar-refractivity contribution in [1.29, 1.82) is 0 Å². The van der Waals surface area contributed by atoms with Gasteiger partial charge in [0.25, 0.3) is 5.91 Å². The number of carbonyl (C=O) groups excluding carboxylic acids is 1. The summed E-state index contributed by atoms with van der Waals surface area (Å²) in [7, 11) is -1.01. The number of carbonyl (C=O) groups is 1. The quantitative estimate of drug-likeness (QED) is 0.755. The van der Waals surface area contributed by atoms with Gasteiger partial charge < -0.3 is 10.4 Å². The smallest absolute Gasteiger partial charge is 0.375 e. The molecule has 152 valence electrons. The molecule has 2 N–H and O–H groups in total. The molecule has 1 amide bonds. The van der Waals surface area contributed by atoms with Gasteiger partial charge in [-0.05, 0) is 29.8 Å². The van der Waals surface area contributed by atoms with Crippen molar-refractivity contribution in [3.05, 3.63) is 65.7 Å². The van der Waals surface area contributed by atoms with Crippen LogP contribution in [0.1, 0.15) is 15.9 Å². The fourth-order valence-electron chi connectivity index (χ4n) is 2.38. The minimum Gasteiger partial charge on any atom is -0.375 e. The van der Waals surface area contributed by atoms with Gasteiger partial charge in [0.05, 0.1) is 11.4 Å². The Morgan fingerprint density at radius 1 is 1.04 bits per heavy atom. The van der Waals surface area contributed by atoms with E-state index in [0.29, 0.717) is 0 Å². The summed E-state index contributed by atoms with van der Waals surface area (Å²) in [6.07, 6.45) is -5.02. The van der Waals surface area contributed by atoms with E-state index in [-0.39, 0.29) is 10.5 Å². The maximum atomic E-state index is 13.4. The highest BCUT2D eigenvalue weighted by molar-refractivity contribution is 7.89. The van der Waals surface area contributed by atoms with Gasteiger partial charge in [-0.2, -0.15) is 13.2 Å². The Morgan fingerprint density at radius 2 is 1.57 bits per heavy atom. The number of hydrogen-bond donors (Lipinski definition) is 2. The van der Waals surface area contributed by atoms with E-state index in [0.717, 1.165) is 16.4 Å². The maximum absolute atomic E-state index is 13.4. The second kappa shape index (κ2) is 7.90. The van der Waals surface area contributed by atoms with Crippen LogP contribution in [-0.2, 0) is 15.6 Å². The standard InChI is InChI=1S/C18H19F3N2O4S/c1-23(2)28(26,27)15-10-8-13(9-11-15)16(24)22-12-17(25,18(19,20)21)14-6-4-3-5-7-14/h3-11,25H,12H2,1-2H3,(H,22,24). The summed E-state index contributed by atoms with van der Waals surface area (Å²) in [4.78, 5) is 12.1. The minimum atomic E-state index is -5.02. The van der Waals surface area contributed by atoms with E-state index in [1.54, 1.807) is 0 Å². The molecule has 0 radical (unpaired) electrons. The van der Waals surface area contributed by atoms with E-state index in [2.05, 4.69) is 5.32 Å². The van der Waals surface area contributed by atoms with Crippen molar-refractivity contribution in [2.24, 2.45) is 0 Å². The van der Waals surface area contributed by atoms with Crippen LogP contribution >= 0.6 is 0 Å². The van der Waals surface area contributed by atoms with E-state index in [1.807, 2.05) is 0 Å². The number of aliphatic hydroxyl groups is 1. The second-order valence-corrected chi connectivity index (χ2v) is 8.37. The number of alkyl halides is 3. The second-order valence-electron chi connectivity index (χ2n) is 6.22. The van der Waals surface area contributed by atoms with Crippen molar-refractivity contribution in [2.75, 3.05) is 20.6 Å². The Balaban J connectivity index is 2.20. The predicted octanol–water partition coefficient (Wildman–Crippen LogP) is 2.12. The average Bonchev–Trinajstić information content (AvgIpc) is 2.65. The van der Waals surface area contributed by atoms with Gasteiger partial charge >= 0.3 is 6.18 Å². The van der Waals surface area contributed by atoms with Crippen molar-refractivity contribution in [2.45, 2.75) is 16.7 Å². The first-order valence-electron chi connectivity index (χ1n) is 8.05. The molecule has 0 saturated carbocycles. The first kappa shape index (κ1) is 21.9. The maximum Gasteiger partial charge on any atom is 0.423 e. The Bertz CT molecular complexity index is 930. The monoisotopic (exact) mass is 416 g/mol. The third kappa shape index (κ3) is 4.34. The van der Waals surface area contributed by atoms with Crippen LogP contribution in [-0.4, -0.2) is 50.6 Å². The highest BCUT2D eigenvalue weighted by Crippen LogP contribution is 2.38. The number of benzene rings is 2. The minimum absolute atomic E-state index is 0.0460. The van der Waals surface area contributed by atoms with Crippen LogP contribution in [0.25, 0.3) is 0 Å². The summed E-state index contributed by atoms with van der Waals surface area (Å²) in [5.41, 5.74) is -3.72. The zero-order chi connectivity index (χ0) is 21.2. The number of sulfonamides is 1. The Kier molecular flexibility index (Phi) is 6.17. The summed E-state index contributed by atoms with van der Waals surface area (Å²) in [5.74, 6) is -0.882. The van der Waals surface area contributed by atoms with E-state index in [9.17, 15) is 31.5 Å². The molecule has 28 heavy (non-hydrogen) atoms. The van der Waals surface area contributed by atoms with Crippen LogP contribution in [0.3, 0.4) is 0 Å². The van der Waals surface area contributed by atoms with Crippen molar-refractivity contribution in [3.8, 4) is 0 Å². The number of amides is 1. The summed E-state index contributed by atoms with van der Waals surface area (Å²) in [6, 6.07) is 11.1. The molecule has 0 heterocycles. The zero-order valence-electron chi connectivity index (χ0n) is 15.1. The molecule has 0 spiro atoms. The lowest BCUT2D eigenvalue weighted by molar-refractivity contribution is -0.263.